The van der Waals surface area contributed by atoms with Crippen molar-refractivity contribution in [3.05, 3.63) is 18.1 Å². The molecule has 0 heterocycles. The fourth-order valence-electron chi connectivity index (χ4n) is 4.66. The zero-order chi connectivity index (χ0) is 24.3. The summed E-state index contributed by atoms with van der Waals surface area (Å²) < 4.78 is 10.4. The van der Waals surface area contributed by atoms with Crippen LogP contribution in [0.3, 0.4) is 0 Å². The van der Waals surface area contributed by atoms with Gasteiger partial charge in [-0.05, 0) is 19.8 Å². The van der Waals surface area contributed by atoms with Gasteiger partial charge in [0.15, 0.2) is 11.5 Å². The van der Waals surface area contributed by atoms with E-state index in [0.717, 1.165) is 31.2 Å². The Morgan fingerprint density at radius 1 is 0.545 bits per heavy atom. The molecular weight excluding hydrogens is 412 g/mol. The zero-order valence-electron chi connectivity index (χ0n) is 21.9. The minimum atomic E-state index is 0.0579. The largest absolute Gasteiger partial charge is 0.504 e. The summed E-state index contributed by atoms with van der Waals surface area (Å²) in [7, 11) is 2.94. The van der Waals surface area contributed by atoms with Crippen molar-refractivity contribution < 1.29 is 19.7 Å². The number of rotatable bonds is 21. The molecule has 0 aliphatic carbocycles. The number of benzene rings is 1. The van der Waals surface area contributed by atoms with Crippen molar-refractivity contribution in [3.8, 4) is 23.0 Å². The highest BCUT2D eigenvalue weighted by atomic mass is 16.5. The first-order valence-electron chi connectivity index (χ1n) is 13.5. The lowest BCUT2D eigenvalue weighted by Crippen LogP contribution is -1.99. The summed E-state index contributed by atoms with van der Waals surface area (Å²) in [4.78, 5) is 0. The van der Waals surface area contributed by atoms with Gasteiger partial charge < -0.3 is 19.7 Å². The van der Waals surface area contributed by atoms with E-state index in [9.17, 15) is 10.2 Å². The molecule has 0 saturated carbocycles. The minimum absolute atomic E-state index is 0.0579. The van der Waals surface area contributed by atoms with E-state index in [2.05, 4.69) is 6.92 Å². The van der Waals surface area contributed by atoms with Gasteiger partial charge in [0.05, 0.1) is 14.2 Å². The summed E-state index contributed by atoms with van der Waals surface area (Å²) in [6, 6.07) is 0. The Labute approximate surface area is 204 Å². The normalized spacial score (nSPS) is 11.2. The molecule has 4 heteroatoms. The van der Waals surface area contributed by atoms with Crippen molar-refractivity contribution in [3.63, 3.8) is 0 Å². The second-order valence-electron chi connectivity index (χ2n) is 9.48. The van der Waals surface area contributed by atoms with Crippen molar-refractivity contribution in [1.29, 1.82) is 0 Å². The van der Waals surface area contributed by atoms with Crippen molar-refractivity contribution in [1.82, 2.24) is 0 Å². The molecule has 0 spiro atoms. The number of methoxy groups -OCH3 is 2. The van der Waals surface area contributed by atoms with Gasteiger partial charge in [-0.2, -0.15) is 0 Å². The number of phenols is 2. The minimum Gasteiger partial charge on any atom is -0.504 e. The maximum atomic E-state index is 10.5. The first-order chi connectivity index (χ1) is 16.1. The average molecular weight is 464 g/mol. The first kappa shape index (κ1) is 29.5. The van der Waals surface area contributed by atoms with Gasteiger partial charge in [0.1, 0.15) is 0 Å². The van der Waals surface area contributed by atoms with E-state index in [1.807, 2.05) is 6.92 Å². The second-order valence-corrected chi connectivity index (χ2v) is 9.48. The number of unbranched alkanes of at least 4 members (excludes halogenated alkanes) is 17. The third kappa shape index (κ3) is 11.4. The van der Waals surface area contributed by atoms with Gasteiger partial charge in [0.2, 0.25) is 11.5 Å². The molecule has 0 saturated heterocycles. The molecule has 2 N–H and O–H groups in total. The van der Waals surface area contributed by atoms with Gasteiger partial charge in [-0.3, -0.25) is 0 Å². The molecule has 191 valence electrons. The third-order valence-corrected chi connectivity index (χ3v) is 6.82. The van der Waals surface area contributed by atoms with Crippen LogP contribution in [0.1, 0.15) is 127 Å². The fraction of sp³-hybridized carbons (Fsp3) is 0.759. The fourth-order valence-corrected chi connectivity index (χ4v) is 4.66. The van der Waals surface area contributed by atoms with Gasteiger partial charge in [0.25, 0.3) is 0 Å². The van der Waals surface area contributed by atoms with Crippen LogP contribution in [0.4, 0.5) is 0 Å². The van der Waals surface area contributed by atoms with Crippen molar-refractivity contribution >= 4 is 0 Å². The summed E-state index contributed by atoms with van der Waals surface area (Å²) in [5, 5.41) is 20.9. The lowest BCUT2D eigenvalue weighted by molar-refractivity contribution is 0.313. The summed E-state index contributed by atoms with van der Waals surface area (Å²) in [5.74, 6) is 0.569. The Morgan fingerprint density at radius 3 is 1.24 bits per heavy atom. The molecule has 0 aliphatic rings. The molecule has 0 atom stereocenters. The SMILES string of the molecule is [CH2]CCCCCCCCCCCCCCCCCCCc1c(C)c(O)c(OC)c(OC)c1O. The first-order valence-corrected chi connectivity index (χ1v) is 13.5. The molecule has 1 aromatic carbocycles. The Morgan fingerprint density at radius 2 is 0.879 bits per heavy atom. The van der Waals surface area contributed by atoms with Crippen LogP contribution in [0.25, 0.3) is 0 Å². The molecule has 33 heavy (non-hydrogen) atoms. The predicted molar refractivity (Wildman–Crippen MR) is 140 cm³/mol. The van der Waals surface area contributed by atoms with Gasteiger partial charge in [-0.25, -0.2) is 0 Å². The number of hydrogen-bond donors (Lipinski definition) is 2. The summed E-state index contributed by atoms with van der Waals surface area (Å²) >= 11 is 0. The van der Waals surface area contributed by atoms with Crippen LogP contribution in [-0.2, 0) is 6.42 Å². The van der Waals surface area contributed by atoms with Crippen LogP contribution in [0, 0.1) is 13.8 Å². The van der Waals surface area contributed by atoms with E-state index in [-0.39, 0.29) is 23.0 Å². The molecule has 1 radical (unpaired) electrons. The van der Waals surface area contributed by atoms with Crippen LogP contribution in [0.5, 0.6) is 23.0 Å². The quantitative estimate of drug-likeness (QED) is 0.141. The molecule has 1 aromatic rings. The lowest BCUT2D eigenvalue weighted by Gasteiger charge is -2.17. The van der Waals surface area contributed by atoms with Crippen molar-refractivity contribution in [2.45, 2.75) is 129 Å². The van der Waals surface area contributed by atoms with Crippen LogP contribution in [0.15, 0.2) is 0 Å². The molecule has 0 bridgehead atoms. The monoisotopic (exact) mass is 463 g/mol. The summed E-state index contributed by atoms with van der Waals surface area (Å²) in [5.41, 5.74) is 1.44. The van der Waals surface area contributed by atoms with Gasteiger partial charge in [0, 0.05) is 11.1 Å². The summed E-state index contributed by atoms with van der Waals surface area (Å²) in [6.07, 6.45) is 24.5. The maximum Gasteiger partial charge on any atom is 0.207 e. The Kier molecular flexibility index (Phi) is 16.8. The van der Waals surface area contributed by atoms with Crippen LogP contribution < -0.4 is 9.47 Å². The zero-order valence-corrected chi connectivity index (χ0v) is 21.9. The number of hydrogen-bond acceptors (Lipinski definition) is 4. The summed E-state index contributed by atoms with van der Waals surface area (Å²) in [6.45, 7) is 5.72. The highest BCUT2D eigenvalue weighted by Gasteiger charge is 2.22. The number of ether oxygens (including phenoxy) is 2. The van der Waals surface area contributed by atoms with E-state index >= 15 is 0 Å². The third-order valence-electron chi connectivity index (χ3n) is 6.82. The van der Waals surface area contributed by atoms with Gasteiger partial charge in [-0.15, -0.1) is 0 Å². The molecule has 0 fully saturated rings. The van der Waals surface area contributed by atoms with E-state index in [1.165, 1.54) is 111 Å². The van der Waals surface area contributed by atoms with E-state index in [4.69, 9.17) is 9.47 Å². The van der Waals surface area contributed by atoms with Gasteiger partial charge >= 0.3 is 0 Å². The number of phenolic OH excluding ortho intramolecular Hbond substituents is 2. The molecule has 0 amide bonds. The molecule has 4 nitrogen and oxygen atoms in total. The van der Waals surface area contributed by atoms with E-state index in [1.54, 1.807) is 0 Å². The van der Waals surface area contributed by atoms with Crippen molar-refractivity contribution in [2.75, 3.05) is 14.2 Å². The van der Waals surface area contributed by atoms with E-state index < -0.39 is 0 Å². The highest BCUT2D eigenvalue weighted by Crippen LogP contribution is 2.48. The maximum absolute atomic E-state index is 10.5. The smallest absolute Gasteiger partial charge is 0.207 e. The molecule has 0 unspecified atom stereocenters. The Balaban J connectivity index is 2.02. The van der Waals surface area contributed by atoms with Crippen LogP contribution in [0.2, 0.25) is 0 Å². The molecule has 1 rings (SSSR count). The highest BCUT2D eigenvalue weighted by molar-refractivity contribution is 5.65. The van der Waals surface area contributed by atoms with Crippen molar-refractivity contribution in [2.24, 2.45) is 0 Å². The predicted octanol–water partition coefficient (Wildman–Crippen LogP) is 8.82. The topological polar surface area (TPSA) is 58.9 Å². The Hall–Kier alpha value is -1.58. The average Bonchev–Trinajstić information content (AvgIpc) is 2.82. The van der Waals surface area contributed by atoms with Gasteiger partial charge in [-0.1, -0.05) is 116 Å². The Bertz CT molecular complexity index is 627. The van der Waals surface area contributed by atoms with Crippen LogP contribution >= 0.6 is 0 Å². The second kappa shape index (κ2) is 18.8. The molecule has 0 aliphatic heterocycles. The molecular formula is C29H51O4. The molecule has 0 aromatic heterocycles. The standard InChI is InChI=1S/C29H51O4/c1-5-6-7-8-9-10-11-12-13-14-15-16-17-18-19-20-21-22-23-25-24(2)26(30)28(32-3)29(33-4)27(25)31/h30-31H,1,5-23H2,2-4H3. The van der Waals surface area contributed by atoms with E-state index in [0.29, 0.717) is 5.56 Å². The lowest BCUT2D eigenvalue weighted by atomic mass is 9.98. The van der Waals surface area contributed by atoms with Crippen LogP contribution in [-0.4, -0.2) is 24.4 Å². The number of aromatic hydroxyl groups is 2.